The number of aldehydes is 1. The lowest BCUT2D eigenvalue weighted by Gasteiger charge is -2.28. The van der Waals surface area contributed by atoms with Crippen LogP contribution in [0.15, 0.2) is 18.2 Å². The van der Waals surface area contributed by atoms with Crippen LogP contribution in [0.4, 0.5) is 0 Å². The maximum atomic E-state index is 12.5. The van der Waals surface area contributed by atoms with Crippen LogP contribution in [0, 0.1) is 0 Å². The molecule has 8 nitrogen and oxygen atoms in total. The van der Waals surface area contributed by atoms with E-state index in [2.05, 4.69) is 24.5 Å². The summed E-state index contributed by atoms with van der Waals surface area (Å²) >= 11 is 0. The maximum Gasteiger partial charge on any atom is 0.262 e. The van der Waals surface area contributed by atoms with E-state index in [1.807, 2.05) is 0 Å². The van der Waals surface area contributed by atoms with Crippen LogP contribution < -0.4 is 15.4 Å². The number of methoxy groups -OCH3 is 1. The summed E-state index contributed by atoms with van der Waals surface area (Å²) in [4.78, 5) is 48.4. The monoisotopic (exact) mass is 417 g/mol. The first-order valence-corrected chi connectivity index (χ1v) is 10.3. The molecular formula is C22H31N3O5. The van der Waals surface area contributed by atoms with Gasteiger partial charge in [-0.2, -0.15) is 0 Å². The minimum atomic E-state index is -1.01. The van der Waals surface area contributed by atoms with Crippen LogP contribution >= 0.6 is 0 Å². The van der Waals surface area contributed by atoms with Crippen molar-refractivity contribution in [3.05, 3.63) is 29.3 Å². The lowest BCUT2D eigenvalue weighted by atomic mass is 9.93. The van der Waals surface area contributed by atoms with Gasteiger partial charge in [-0.15, -0.1) is 0 Å². The minimum Gasteiger partial charge on any atom is -0.497 e. The van der Waals surface area contributed by atoms with Crippen molar-refractivity contribution in [2.24, 2.45) is 0 Å². The Hall–Kier alpha value is -2.74. The maximum absolute atomic E-state index is 12.5. The largest absolute Gasteiger partial charge is 0.497 e. The lowest BCUT2D eigenvalue weighted by Crippen LogP contribution is -2.48. The van der Waals surface area contributed by atoms with Gasteiger partial charge in [-0.25, -0.2) is 0 Å². The van der Waals surface area contributed by atoms with Crippen LogP contribution in [0.1, 0.15) is 66.7 Å². The van der Waals surface area contributed by atoms with E-state index >= 15 is 0 Å². The van der Waals surface area contributed by atoms with E-state index in [1.54, 1.807) is 6.07 Å². The van der Waals surface area contributed by atoms with Gasteiger partial charge < -0.3 is 20.2 Å². The predicted molar refractivity (Wildman–Crippen MR) is 113 cm³/mol. The number of carbonyl (C=O) groups excluding carboxylic acids is 4. The van der Waals surface area contributed by atoms with Crippen molar-refractivity contribution >= 4 is 24.0 Å². The Morgan fingerprint density at radius 3 is 2.37 bits per heavy atom. The first-order chi connectivity index (χ1) is 14.3. The second kappa shape index (κ2) is 10.9. The predicted octanol–water partition coefficient (Wildman–Crippen LogP) is 1.92. The number of hydrogen-bond acceptors (Lipinski definition) is 6. The quantitative estimate of drug-likeness (QED) is 0.495. The van der Waals surface area contributed by atoms with Crippen molar-refractivity contribution in [1.82, 2.24) is 15.5 Å². The van der Waals surface area contributed by atoms with Gasteiger partial charge in [0, 0.05) is 25.6 Å². The van der Waals surface area contributed by atoms with Crippen LogP contribution in [0.3, 0.4) is 0 Å². The third kappa shape index (κ3) is 5.44. The number of fused-ring (bicyclic) bond motifs is 1. The zero-order valence-corrected chi connectivity index (χ0v) is 18.1. The van der Waals surface area contributed by atoms with Gasteiger partial charge in [-0.05, 0) is 37.5 Å². The van der Waals surface area contributed by atoms with Crippen LogP contribution in [0.25, 0.3) is 0 Å². The third-order valence-corrected chi connectivity index (χ3v) is 5.22. The SMILES string of the molecule is CC(C)NC1CCC1.CNC(=O)C(CCC=O)N1C(=O)c2ccc(OC)cc2C1=O. The van der Waals surface area contributed by atoms with Gasteiger partial charge in [-0.1, -0.05) is 20.3 Å². The fourth-order valence-electron chi connectivity index (χ4n) is 3.46. The van der Waals surface area contributed by atoms with Gasteiger partial charge in [-0.3, -0.25) is 19.3 Å². The molecule has 1 unspecified atom stereocenters. The van der Waals surface area contributed by atoms with Gasteiger partial charge in [0.2, 0.25) is 5.91 Å². The average molecular weight is 418 g/mol. The molecule has 1 aromatic rings. The number of ether oxygens (including phenoxy) is 1. The summed E-state index contributed by atoms with van der Waals surface area (Å²) in [7, 11) is 2.87. The molecule has 3 rings (SSSR count). The molecule has 30 heavy (non-hydrogen) atoms. The van der Waals surface area contributed by atoms with Crippen LogP contribution in [0.2, 0.25) is 0 Å². The summed E-state index contributed by atoms with van der Waals surface area (Å²) in [5, 5.41) is 5.89. The van der Waals surface area contributed by atoms with E-state index in [-0.39, 0.29) is 24.0 Å². The first-order valence-electron chi connectivity index (χ1n) is 10.3. The van der Waals surface area contributed by atoms with E-state index in [4.69, 9.17) is 4.74 Å². The molecule has 1 aliphatic carbocycles. The molecule has 8 heteroatoms. The zero-order valence-electron chi connectivity index (χ0n) is 18.1. The van der Waals surface area contributed by atoms with E-state index in [9.17, 15) is 19.2 Å². The highest BCUT2D eigenvalue weighted by Crippen LogP contribution is 2.29. The molecule has 0 bridgehead atoms. The summed E-state index contributed by atoms with van der Waals surface area (Å²) in [6.07, 6.45) is 5.05. The highest BCUT2D eigenvalue weighted by molar-refractivity contribution is 6.23. The summed E-state index contributed by atoms with van der Waals surface area (Å²) in [5.41, 5.74) is 0.426. The first kappa shape index (κ1) is 23.5. The Morgan fingerprint density at radius 1 is 1.23 bits per heavy atom. The fraction of sp³-hybridized carbons (Fsp3) is 0.545. The number of nitrogens with one attached hydrogen (secondary N) is 2. The van der Waals surface area contributed by atoms with Crippen molar-refractivity contribution < 1.29 is 23.9 Å². The third-order valence-electron chi connectivity index (χ3n) is 5.22. The molecule has 1 saturated carbocycles. The molecule has 3 amide bonds. The Kier molecular flexibility index (Phi) is 8.53. The van der Waals surface area contributed by atoms with Gasteiger partial charge in [0.25, 0.3) is 11.8 Å². The van der Waals surface area contributed by atoms with Gasteiger partial charge in [0.1, 0.15) is 18.1 Å². The van der Waals surface area contributed by atoms with E-state index in [0.717, 1.165) is 10.9 Å². The van der Waals surface area contributed by atoms with Crippen molar-refractivity contribution in [1.29, 1.82) is 0 Å². The van der Waals surface area contributed by atoms with Crippen molar-refractivity contribution in [2.75, 3.05) is 14.2 Å². The fourth-order valence-corrected chi connectivity index (χ4v) is 3.46. The molecule has 0 saturated heterocycles. The minimum absolute atomic E-state index is 0.0782. The smallest absolute Gasteiger partial charge is 0.262 e. The second-order valence-corrected chi connectivity index (χ2v) is 7.72. The van der Waals surface area contributed by atoms with E-state index < -0.39 is 23.8 Å². The molecule has 1 atom stereocenters. The molecule has 164 valence electrons. The molecular weight excluding hydrogens is 386 g/mol. The number of likely N-dealkylation sites (N-methyl/N-ethyl adjacent to an activating group) is 1. The Labute approximate surface area is 177 Å². The lowest BCUT2D eigenvalue weighted by molar-refractivity contribution is -0.124. The average Bonchev–Trinajstić information content (AvgIpc) is 2.95. The molecule has 1 aromatic carbocycles. The van der Waals surface area contributed by atoms with Crippen LogP contribution in [-0.4, -0.2) is 61.2 Å². The summed E-state index contributed by atoms with van der Waals surface area (Å²) in [5.74, 6) is -1.13. The number of amides is 3. The second-order valence-electron chi connectivity index (χ2n) is 7.72. The van der Waals surface area contributed by atoms with Crippen molar-refractivity contribution in [3.63, 3.8) is 0 Å². The summed E-state index contributed by atoms with van der Waals surface area (Å²) in [6, 6.07) is 5.07. The Bertz CT molecular complexity index is 789. The standard InChI is InChI=1S/C15H16N2O5.C7H15N/c1-16-13(19)12(4-3-7-18)17-14(20)10-6-5-9(22-2)8-11(10)15(17)21;1-6(2)8-7-4-3-5-7/h5-8,12H,3-4H2,1-2H3,(H,16,19);6-8H,3-5H2,1-2H3. The Balaban J connectivity index is 0.000000335. The molecule has 1 heterocycles. The summed E-state index contributed by atoms with van der Waals surface area (Å²) < 4.78 is 5.04. The highest BCUT2D eigenvalue weighted by atomic mass is 16.5. The molecule has 2 N–H and O–H groups in total. The number of nitrogens with zero attached hydrogens (tertiary/aromatic N) is 1. The van der Waals surface area contributed by atoms with Gasteiger partial charge in [0.05, 0.1) is 18.2 Å². The number of carbonyl (C=O) groups is 4. The number of rotatable bonds is 8. The van der Waals surface area contributed by atoms with Gasteiger partial charge >= 0.3 is 0 Å². The van der Waals surface area contributed by atoms with Crippen LogP contribution in [0.5, 0.6) is 5.75 Å². The molecule has 0 spiro atoms. The van der Waals surface area contributed by atoms with Crippen molar-refractivity contribution in [3.8, 4) is 5.75 Å². The normalized spacial score (nSPS) is 16.4. The van der Waals surface area contributed by atoms with E-state index in [1.165, 1.54) is 45.6 Å². The number of hydrogen-bond donors (Lipinski definition) is 2. The summed E-state index contributed by atoms with van der Waals surface area (Å²) in [6.45, 7) is 4.41. The molecule has 1 aliphatic heterocycles. The number of imide groups is 1. The molecule has 0 aromatic heterocycles. The van der Waals surface area contributed by atoms with Gasteiger partial charge in [0.15, 0.2) is 0 Å². The highest BCUT2D eigenvalue weighted by Gasteiger charge is 2.42. The van der Waals surface area contributed by atoms with E-state index in [0.29, 0.717) is 18.1 Å². The Morgan fingerprint density at radius 2 is 1.90 bits per heavy atom. The molecule has 1 fully saturated rings. The molecule has 0 radical (unpaired) electrons. The van der Waals surface area contributed by atoms with Crippen LogP contribution in [-0.2, 0) is 9.59 Å². The zero-order chi connectivity index (χ0) is 22.3. The molecule has 2 aliphatic rings. The van der Waals surface area contributed by atoms with Crippen molar-refractivity contribution in [2.45, 2.75) is 64.1 Å². The number of benzene rings is 1. The topological polar surface area (TPSA) is 105 Å².